The van der Waals surface area contributed by atoms with Crippen molar-refractivity contribution in [2.45, 2.75) is 64.3 Å². The Morgan fingerprint density at radius 3 is 2.35 bits per heavy atom. The first kappa shape index (κ1) is 26.5. The van der Waals surface area contributed by atoms with Gasteiger partial charge in [0, 0.05) is 13.1 Å². The van der Waals surface area contributed by atoms with Crippen molar-refractivity contribution in [3.63, 3.8) is 0 Å². The van der Waals surface area contributed by atoms with Crippen LogP contribution in [0.15, 0.2) is 35.2 Å². The Morgan fingerprint density at radius 2 is 1.76 bits per heavy atom. The average Bonchev–Trinajstić information content (AvgIpc) is 2.78. The predicted molar refractivity (Wildman–Crippen MR) is 136 cm³/mol. The van der Waals surface area contributed by atoms with Gasteiger partial charge >= 0.3 is 0 Å². The number of carbonyl (C=O) groups excluding carboxylic acids is 1. The SMILES string of the molecule is COc1cc(C)c([C@H](C)NC(=O)c2cc(S(=O)(=O)N3CCC(C)CC3)ccc2Cl)cc1C(C)C. The minimum absolute atomic E-state index is 0.0898. The van der Waals surface area contributed by atoms with Crippen LogP contribution in [-0.4, -0.2) is 38.8 Å². The summed E-state index contributed by atoms with van der Waals surface area (Å²) in [7, 11) is -2.04. The Hall–Kier alpha value is -2.09. The normalized spacial score (nSPS) is 16.5. The van der Waals surface area contributed by atoms with Crippen molar-refractivity contribution < 1.29 is 17.9 Å². The number of halogens is 1. The monoisotopic (exact) mass is 506 g/mol. The van der Waals surface area contributed by atoms with E-state index in [2.05, 4.69) is 32.2 Å². The zero-order valence-electron chi connectivity index (χ0n) is 20.8. The van der Waals surface area contributed by atoms with Crippen LogP contribution in [0, 0.1) is 12.8 Å². The summed E-state index contributed by atoms with van der Waals surface area (Å²) in [5.41, 5.74) is 3.18. The second-order valence-electron chi connectivity index (χ2n) is 9.53. The van der Waals surface area contributed by atoms with E-state index in [9.17, 15) is 13.2 Å². The number of methoxy groups -OCH3 is 1. The number of sulfonamides is 1. The number of amides is 1. The van der Waals surface area contributed by atoms with Crippen LogP contribution >= 0.6 is 11.6 Å². The summed E-state index contributed by atoms with van der Waals surface area (Å²) in [6.07, 6.45) is 1.66. The average molecular weight is 507 g/mol. The van der Waals surface area contributed by atoms with Crippen LogP contribution in [0.25, 0.3) is 0 Å². The second kappa shape index (κ2) is 10.7. The van der Waals surface area contributed by atoms with E-state index >= 15 is 0 Å². The summed E-state index contributed by atoms with van der Waals surface area (Å²) in [4.78, 5) is 13.3. The molecular formula is C26H35ClN2O4S. The highest BCUT2D eigenvalue weighted by atomic mass is 35.5. The number of ether oxygens (including phenoxy) is 1. The number of benzene rings is 2. The van der Waals surface area contributed by atoms with Gasteiger partial charge in [-0.15, -0.1) is 0 Å². The molecule has 0 bridgehead atoms. The highest BCUT2D eigenvalue weighted by Crippen LogP contribution is 2.32. The molecule has 0 unspecified atom stereocenters. The van der Waals surface area contributed by atoms with E-state index in [-0.39, 0.29) is 27.4 Å². The zero-order valence-corrected chi connectivity index (χ0v) is 22.4. The predicted octanol–water partition coefficient (Wildman–Crippen LogP) is 5.69. The van der Waals surface area contributed by atoms with Gasteiger partial charge in [0.1, 0.15) is 5.75 Å². The fraction of sp³-hybridized carbons (Fsp3) is 0.500. The molecule has 1 saturated heterocycles. The van der Waals surface area contributed by atoms with Gasteiger partial charge in [0.15, 0.2) is 0 Å². The van der Waals surface area contributed by atoms with Gasteiger partial charge in [0.2, 0.25) is 10.0 Å². The largest absolute Gasteiger partial charge is 0.496 e. The van der Waals surface area contributed by atoms with E-state index in [0.29, 0.717) is 19.0 Å². The summed E-state index contributed by atoms with van der Waals surface area (Å²) in [6.45, 7) is 11.2. The van der Waals surface area contributed by atoms with E-state index in [1.807, 2.05) is 19.9 Å². The Kier molecular flexibility index (Phi) is 8.32. The first-order valence-electron chi connectivity index (χ1n) is 11.7. The fourth-order valence-corrected chi connectivity index (χ4v) is 6.08. The molecule has 1 aliphatic rings. The van der Waals surface area contributed by atoms with Crippen molar-refractivity contribution >= 4 is 27.5 Å². The number of aryl methyl sites for hydroxylation is 1. The molecule has 3 rings (SSSR count). The molecule has 1 N–H and O–H groups in total. The molecule has 1 aliphatic heterocycles. The van der Waals surface area contributed by atoms with Crippen molar-refractivity contribution in [2.75, 3.05) is 20.2 Å². The molecule has 0 saturated carbocycles. The summed E-state index contributed by atoms with van der Waals surface area (Å²) < 4.78 is 33.4. The third kappa shape index (κ3) is 5.58. The third-order valence-electron chi connectivity index (χ3n) is 6.62. The van der Waals surface area contributed by atoms with Crippen LogP contribution in [0.2, 0.25) is 5.02 Å². The Labute approximate surface area is 208 Å². The molecule has 0 spiro atoms. The molecule has 1 amide bonds. The number of carbonyl (C=O) groups is 1. The molecule has 0 aliphatic carbocycles. The van der Waals surface area contributed by atoms with Crippen molar-refractivity contribution in [1.29, 1.82) is 0 Å². The molecule has 1 fully saturated rings. The number of rotatable bonds is 7. The molecule has 186 valence electrons. The van der Waals surface area contributed by atoms with E-state index in [1.54, 1.807) is 7.11 Å². The van der Waals surface area contributed by atoms with Gasteiger partial charge in [-0.3, -0.25) is 4.79 Å². The molecule has 1 atom stereocenters. The second-order valence-corrected chi connectivity index (χ2v) is 11.9. The van der Waals surface area contributed by atoms with Crippen LogP contribution in [-0.2, 0) is 10.0 Å². The molecule has 34 heavy (non-hydrogen) atoms. The molecule has 2 aromatic rings. The third-order valence-corrected chi connectivity index (χ3v) is 8.84. The van der Waals surface area contributed by atoms with Crippen molar-refractivity contribution in [3.05, 3.63) is 57.6 Å². The number of hydrogen-bond donors (Lipinski definition) is 1. The maximum Gasteiger partial charge on any atom is 0.253 e. The first-order chi connectivity index (χ1) is 15.9. The number of nitrogens with one attached hydrogen (secondary N) is 1. The van der Waals surface area contributed by atoms with Crippen molar-refractivity contribution in [2.24, 2.45) is 5.92 Å². The van der Waals surface area contributed by atoms with Crippen LogP contribution < -0.4 is 10.1 Å². The highest BCUT2D eigenvalue weighted by molar-refractivity contribution is 7.89. The quantitative estimate of drug-likeness (QED) is 0.523. The number of piperidine rings is 1. The van der Waals surface area contributed by atoms with Gasteiger partial charge in [-0.25, -0.2) is 8.42 Å². The molecule has 6 nitrogen and oxygen atoms in total. The van der Waals surface area contributed by atoms with E-state index in [1.165, 1.54) is 22.5 Å². The molecule has 2 aromatic carbocycles. The minimum atomic E-state index is -3.69. The molecular weight excluding hydrogens is 472 g/mol. The van der Waals surface area contributed by atoms with Crippen LogP contribution in [0.4, 0.5) is 0 Å². The van der Waals surface area contributed by atoms with E-state index in [4.69, 9.17) is 16.3 Å². The lowest BCUT2D eigenvalue weighted by molar-refractivity contribution is 0.0939. The molecule has 0 aromatic heterocycles. The lowest BCUT2D eigenvalue weighted by Gasteiger charge is -2.29. The fourth-order valence-electron chi connectivity index (χ4n) is 4.38. The molecule has 1 heterocycles. The summed E-state index contributed by atoms with van der Waals surface area (Å²) in [6, 6.07) is 8.07. The van der Waals surface area contributed by atoms with Gasteiger partial charge in [-0.2, -0.15) is 4.31 Å². The summed E-state index contributed by atoms with van der Waals surface area (Å²) >= 11 is 6.33. The van der Waals surface area contributed by atoms with Crippen LogP contribution in [0.5, 0.6) is 5.75 Å². The zero-order chi connectivity index (χ0) is 25.2. The first-order valence-corrected chi connectivity index (χ1v) is 13.6. The van der Waals surface area contributed by atoms with E-state index < -0.39 is 15.9 Å². The maximum atomic E-state index is 13.2. The Balaban J connectivity index is 1.86. The highest BCUT2D eigenvalue weighted by Gasteiger charge is 2.29. The van der Waals surface area contributed by atoms with Crippen LogP contribution in [0.3, 0.4) is 0 Å². The Bertz CT molecular complexity index is 1160. The van der Waals surface area contributed by atoms with Gasteiger partial charge < -0.3 is 10.1 Å². The van der Waals surface area contributed by atoms with E-state index in [0.717, 1.165) is 35.3 Å². The number of nitrogens with zero attached hydrogens (tertiary/aromatic N) is 1. The van der Waals surface area contributed by atoms with Crippen molar-refractivity contribution in [3.8, 4) is 5.75 Å². The smallest absolute Gasteiger partial charge is 0.253 e. The van der Waals surface area contributed by atoms with Gasteiger partial charge in [-0.1, -0.05) is 32.4 Å². The number of hydrogen-bond acceptors (Lipinski definition) is 4. The van der Waals surface area contributed by atoms with Gasteiger partial charge in [0.05, 0.1) is 28.6 Å². The Morgan fingerprint density at radius 1 is 1.12 bits per heavy atom. The molecule has 0 radical (unpaired) electrons. The maximum absolute atomic E-state index is 13.2. The summed E-state index contributed by atoms with van der Waals surface area (Å²) in [5, 5.41) is 3.20. The topological polar surface area (TPSA) is 75.7 Å². The van der Waals surface area contributed by atoms with Gasteiger partial charge in [-0.05, 0) is 85.5 Å². The standard InChI is InChI=1S/C26H35ClN2O4S/c1-16(2)21-15-22(18(4)13-25(21)33-6)19(5)28-26(30)23-14-20(7-8-24(23)27)34(31,32)29-11-9-17(3)10-12-29/h7-8,13-17,19H,9-12H2,1-6H3,(H,28,30)/t19-/m0/s1. The summed E-state index contributed by atoms with van der Waals surface area (Å²) in [5.74, 6) is 1.18. The minimum Gasteiger partial charge on any atom is -0.496 e. The molecule has 8 heteroatoms. The van der Waals surface area contributed by atoms with Gasteiger partial charge in [0.25, 0.3) is 5.91 Å². The van der Waals surface area contributed by atoms with Crippen LogP contribution in [0.1, 0.15) is 79.5 Å². The van der Waals surface area contributed by atoms with Crippen molar-refractivity contribution in [1.82, 2.24) is 9.62 Å². The lowest BCUT2D eigenvalue weighted by atomic mass is 9.93. The lowest BCUT2D eigenvalue weighted by Crippen LogP contribution is -2.38.